The van der Waals surface area contributed by atoms with Crippen LogP contribution in [0.1, 0.15) is 83.8 Å². The molecule has 0 aliphatic carbocycles. The minimum absolute atomic E-state index is 0.0654. The Morgan fingerprint density at radius 2 is 1.95 bits per heavy atom. The molecule has 0 bridgehead atoms. The van der Waals surface area contributed by atoms with Gasteiger partial charge in [0, 0.05) is 19.8 Å². The minimum Gasteiger partial charge on any atom is -0.457 e. The van der Waals surface area contributed by atoms with Gasteiger partial charge in [0.2, 0.25) is 0 Å². The zero-order chi connectivity index (χ0) is 27.3. The number of ketones is 1. The number of Topliss-reactive ketones (excluding diaryl/α,β-unsaturated/α-hetero) is 1. The highest BCUT2D eigenvalue weighted by atomic mass is 16.5. The zero-order valence-corrected chi connectivity index (χ0v) is 22.5. The molecular weight excluding hydrogens is 470 g/mol. The third kappa shape index (κ3) is 6.88. The number of rotatable bonds is 2. The van der Waals surface area contributed by atoms with Crippen LogP contribution in [0.2, 0.25) is 0 Å². The monoisotopic (exact) mass is 509 g/mol. The molecule has 200 valence electrons. The third-order valence-electron chi connectivity index (χ3n) is 7.57. The fourth-order valence-corrected chi connectivity index (χ4v) is 4.95. The summed E-state index contributed by atoms with van der Waals surface area (Å²) in [4.78, 5) is 30.9. The Morgan fingerprint density at radius 3 is 2.65 bits per heavy atom. The predicted octanol–water partition coefficient (Wildman–Crippen LogP) is 5.22. The van der Waals surface area contributed by atoms with E-state index in [0.29, 0.717) is 23.4 Å². The standard InChI is InChI=1S/C30H39NO6/c1-7-9-22-28(34)19(3)11-8-10-18(2)12-14-24(21-13-15-25-23(16-21)31-20(4)36-25)37-27(33)17-26(32)30(5,6)29(22)35/h1,12-13,15-16,19,22,24,26,28,32,34H,8-11,14,17H2,2-6H3/b18-12-/t19-,22+,24-,26-,28-/m0/s1. The number of benzene rings is 1. The summed E-state index contributed by atoms with van der Waals surface area (Å²) in [7, 11) is 0. The van der Waals surface area contributed by atoms with Crippen molar-refractivity contribution in [2.24, 2.45) is 17.3 Å². The average Bonchev–Trinajstić information content (AvgIpc) is 3.22. The third-order valence-corrected chi connectivity index (χ3v) is 7.57. The van der Waals surface area contributed by atoms with Gasteiger partial charge in [0.1, 0.15) is 17.4 Å². The van der Waals surface area contributed by atoms with Gasteiger partial charge in [-0.2, -0.15) is 0 Å². The molecule has 37 heavy (non-hydrogen) atoms. The lowest BCUT2D eigenvalue weighted by molar-refractivity contribution is -0.156. The van der Waals surface area contributed by atoms with Gasteiger partial charge in [0.05, 0.1) is 30.0 Å². The number of hydrogen-bond donors (Lipinski definition) is 2. The number of aliphatic hydroxyl groups is 2. The molecule has 0 spiro atoms. The molecule has 2 aromatic rings. The first-order chi connectivity index (χ1) is 17.4. The molecule has 3 rings (SSSR count). The Balaban J connectivity index is 1.93. The molecule has 7 nitrogen and oxygen atoms in total. The molecule has 7 heteroatoms. The molecule has 1 aromatic heterocycles. The number of nitrogens with zero attached hydrogens (tertiary/aromatic N) is 1. The molecule has 1 aromatic carbocycles. The normalized spacial score (nSPS) is 29.8. The number of ether oxygens (including phenoxy) is 1. The Labute approximate surface area is 219 Å². The van der Waals surface area contributed by atoms with E-state index < -0.39 is 35.6 Å². The summed E-state index contributed by atoms with van der Waals surface area (Å²) in [6, 6.07) is 5.51. The van der Waals surface area contributed by atoms with Gasteiger partial charge in [0.25, 0.3) is 0 Å². The van der Waals surface area contributed by atoms with Gasteiger partial charge in [-0.3, -0.25) is 9.59 Å². The quantitative estimate of drug-likeness (QED) is 0.324. The number of carbonyl (C=O) groups excluding carboxylic acids is 2. The van der Waals surface area contributed by atoms with Crippen LogP contribution in [0.3, 0.4) is 0 Å². The van der Waals surface area contributed by atoms with Crippen molar-refractivity contribution in [3.8, 4) is 12.3 Å². The van der Waals surface area contributed by atoms with Gasteiger partial charge in [-0.1, -0.05) is 38.5 Å². The molecule has 0 saturated heterocycles. The molecule has 0 fully saturated rings. The van der Waals surface area contributed by atoms with Gasteiger partial charge in [-0.15, -0.1) is 12.3 Å². The number of hydrogen-bond acceptors (Lipinski definition) is 7. The molecule has 0 amide bonds. The number of aliphatic hydroxyl groups excluding tert-OH is 2. The van der Waals surface area contributed by atoms with Crippen molar-refractivity contribution in [3.05, 3.63) is 41.3 Å². The number of fused-ring (bicyclic) bond motifs is 1. The summed E-state index contributed by atoms with van der Waals surface area (Å²) in [6.45, 7) is 8.90. The minimum atomic E-state index is -1.30. The Bertz CT molecular complexity index is 1190. The fourth-order valence-electron chi connectivity index (χ4n) is 4.95. The Kier molecular flexibility index (Phi) is 9.33. The van der Waals surface area contributed by atoms with Gasteiger partial charge in [-0.25, -0.2) is 4.98 Å². The zero-order valence-electron chi connectivity index (χ0n) is 22.5. The molecule has 1 aliphatic rings. The number of terminal acetylenes is 1. The lowest BCUT2D eigenvalue weighted by atomic mass is 9.71. The van der Waals surface area contributed by atoms with Crippen molar-refractivity contribution < 1.29 is 29.0 Å². The number of carbonyl (C=O) groups is 2. The average molecular weight is 510 g/mol. The summed E-state index contributed by atoms with van der Waals surface area (Å²) in [6.07, 6.45) is 7.31. The highest BCUT2D eigenvalue weighted by molar-refractivity contribution is 5.88. The van der Waals surface area contributed by atoms with E-state index in [1.54, 1.807) is 20.8 Å². The van der Waals surface area contributed by atoms with Crippen LogP contribution in [-0.2, 0) is 14.3 Å². The topological polar surface area (TPSA) is 110 Å². The number of esters is 1. The van der Waals surface area contributed by atoms with E-state index in [1.807, 2.05) is 32.0 Å². The van der Waals surface area contributed by atoms with Crippen LogP contribution in [0.5, 0.6) is 0 Å². The second-order valence-corrected chi connectivity index (χ2v) is 10.9. The molecule has 2 heterocycles. The first-order valence-corrected chi connectivity index (χ1v) is 13.0. The highest BCUT2D eigenvalue weighted by Crippen LogP contribution is 2.35. The summed E-state index contributed by atoms with van der Waals surface area (Å²) in [5.74, 6) is 1.12. The van der Waals surface area contributed by atoms with Crippen molar-refractivity contribution in [1.29, 1.82) is 0 Å². The van der Waals surface area contributed by atoms with E-state index in [0.717, 1.165) is 30.4 Å². The highest BCUT2D eigenvalue weighted by Gasteiger charge is 2.43. The first-order valence-electron chi connectivity index (χ1n) is 13.0. The lowest BCUT2D eigenvalue weighted by Crippen LogP contribution is -2.46. The van der Waals surface area contributed by atoms with E-state index in [1.165, 1.54) is 0 Å². The lowest BCUT2D eigenvalue weighted by Gasteiger charge is -2.35. The molecule has 0 radical (unpaired) electrons. The maximum atomic E-state index is 13.5. The molecule has 0 saturated carbocycles. The van der Waals surface area contributed by atoms with Crippen LogP contribution < -0.4 is 0 Å². The van der Waals surface area contributed by atoms with Crippen LogP contribution in [0, 0.1) is 36.5 Å². The van der Waals surface area contributed by atoms with Crippen molar-refractivity contribution in [2.45, 2.75) is 91.5 Å². The number of oxazole rings is 1. The molecule has 5 atom stereocenters. The number of cyclic esters (lactones) is 1. The maximum absolute atomic E-state index is 13.5. The SMILES string of the molecule is C#CC[C@H]1C(=O)C(C)(C)[C@@H](O)CC(=O)O[C@H](c2ccc3oc(C)nc3c2)C/C=C(/C)CCC[C@H](C)[C@@H]1O. The van der Waals surface area contributed by atoms with Crippen molar-refractivity contribution in [2.75, 3.05) is 0 Å². The van der Waals surface area contributed by atoms with E-state index >= 15 is 0 Å². The second kappa shape index (κ2) is 12.1. The Hall–Kier alpha value is -2.95. The maximum Gasteiger partial charge on any atom is 0.309 e. The summed E-state index contributed by atoms with van der Waals surface area (Å²) >= 11 is 0. The van der Waals surface area contributed by atoms with Crippen LogP contribution >= 0.6 is 0 Å². The largest absolute Gasteiger partial charge is 0.457 e. The van der Waals surface area contributed by atoms with Crippen LogP contribution in [0.25, 0.3) is 11.1 Å². The van der Waals surface area contributed by atoms with Crippen LogP contribution in [-0.4, -0.2) is 39.2 Å². The number of allylic oxidation sites excluding steroid dienone is 1. The summed E-state index contributed by atoms with van der Waals surface area (Å²) in [5, 5.41) is 22.0. The van der Waals surface area contributed by atoms with Gasteiger partial charge in [-0.05, 0) is 49.8 Å². The van der Waals surface area contributed by atoms with Crippen LogP contribution in [0.4, 0.5) is 0 Å². The van der Waals surface area contributed by atoms with Gasteiger partial charge >= 0.3 is 5.97 Å². The molecule has 2 N–H and O–H groups in total. The van der Waals surface area contributed by atoms with Crippen molar-refractivity contribution in [3.63, 3.8) is 0 Å². The van der Waals surface area contributed by atoms with E-state index in [-0.39, 0.29) is 24.5 Å². The van der Waals surface area contributed by atoms with Crippen molar-refractivity contribution in [1.82, 2.24) is 4.98 Å². The number of aryl methyl sites for hydroxylation is 1. The van der Waals surface area contributed by atoms with Gasteiger partial charge < -0.3 is 19.4 Å². The first kappa shape index (κ1) is 28.6. The second-order valence-electron chi connectivity index (χ2n) is 10.9. The smallest absolute Gasteiger partial charge is 0.309 e. The van der Waals surface area contributed by atoms with E-state index in [2.05, 4.69) is 17.0 Å². The van der Waals surface area contributed by atoms with E-state index in [4.69, 9.17) is 15.6 Å². The number of aromatic nitrogens is 1. The fraction of sp³-hybridized carbons (Fsp3) is 0.567. The van der Waals surface area contributed by atoms with Crippen molar-refractivity contribution >= 4 is 22.9 Å². The van der Waals surface area contributed by atoms with E-state index in [9.17, 15) is 19.8 Å². The molecule has 0 unspecified atom stereocenters. The van der Waals surface area contributed by atoms with Gasteiger partial charge in [0.15, 0.2) is 11.5 Å². The molecular formula is C30H39NO6. The summed E-state index contributed by atoms with van der Waals surface area (Å²) < 4.78 is 11.4. The molecule has 1 aliphatic heterocycles. The Morgan fingerprint density at radius 1 is 1.22 bits per heavy atom. The predicted molar refractivity (Wildman–Crippen MR) is 141 cm³/mol. The summed E-state index contributed by atoms with van der Waals surface area (Å²) in [5.41, 5.74) is 1.95. The van der Waals surface area contributed by atoms with Crippen LogP contribution in [0.15, 0.2) is 34.3 Å².